The molecule has 0 saturated heterocycles. The number of aliphatic hydroxyl groups excluding tert-OH is 1. The van der Waals surface area contributed by atoms with Crippen LogP contribution in [-0.4, -0.2) is 67.5 Å². The zero-order valence-electron chi connectivity index (χ0n) is 33.2. The van der Waals surface area contributed by atoms with Crippen molar-refractivity contribution in [3.63, 3.8) is 0 Å². The summed E-state index contributed by atoms with van der Waals surface area (Å²) in [6, 6.07) is 35.8. The Morgan fingerprint density at radius 2 is 0.918 bits per heavy atom. The van der Waals surface area contributed by atoms with Gasteiger partial charge in [0.15, 0.2) is 6.10 Å². The fourth-order valence-electron chi connectivity index (χ4n) is 6.32. The first-order valence-corrected chi connectivity index (χ1v) is 20.2. The van der Waals surface area contributed by atoms with Gasteiger partial charge in [0.25, 0.3) is 11.8 Å². The SMILES string of the molecule is C.C.O=S(=O)(O[C@H]1[C@H](OCc2ccccc2)[C@@H](OCc2ccccc2)CCC1(F)F)C(F)(F)F.O[C@H]1[C@H](OCc2ccccc2)[C@@H](OCc2ccccc2)CCC1(F)F.[2H]CC. The summed E-state index contributed by atoms with van der Waals surface area (Å²) in [4.78, 5) is 0. The minimum absolute atomic E-state index is 0. The van der Waals surface area contributed by atoms with Gasteiger partial charge in [0.05, 0.1) is 38.6 Å². The average Bonchev–Trinajstić information content (AvgIpc) is 3.22. The molecule has 2 aliphatic carbocycles. The van der Waals surface area contributed by atoms with Gasteiger partial charge >= 0.3 is 15.6 Å². The summed E-state index contributed by atoms with van der Waals surface area (Å²) in [5, 5.41) is 10.1. The first-order valence-electron chi connectivity index (χ1n) is 19.5. The van der Waals surface area contributed by atoms with Crippen molar-refractivity contribution in [2.24, 2.45) is 0 Å². The summed E-state index contributed by atoms with van der Waals surface area (Å²) in [7, 11) is -6.29. The Balaban J connectivity index is 0.000000398. The van der Waals surface area contributed by atoms with Crippen LogP contribution >= 0.6 is 0 Å². The smallest absolute Gasteiger partial charge is 0.384 e. The molecule has 61 heavy (non-hydrogen) atoms. The van der Waals surface area contributed by atoms with Gasteiger partial charge in [-0.05, 0) is 35.1 Å². The fourth-order valence-corrected chi connectivity index (χ4v) is 6.95. The van der Waals surface area contributed by atoms with E-state index >= 15 is 0 Å². The van der Waals surface area contributed by atoms with Crippen molar-refractivity contribution < 1.29 is 68.8 Å². The largest absolute Gasteiger partial charge is 0.523 e. The van der Waals surface area contributed by atoms with E-state index in [1.807, 2.05) is 60.7 Å². The normalized spacial score (nSPS) is 23.3. The van der Waals surface area contributed by atoms with Crippen molar-refractivity contribution in [1.29, 1.82) is 0 Å². The highest BCUT2D eigenvalue weighted by atomic mass is 32.2. The van der Waals surface area contributed by atoms with E-state index in [9.17, 15) is 44.3 Å². The number of aliphatic hydroxyl groups is 1. The predicted molar refractivity (Wildman–Crippen MR) is 219 cm³/mol. The minimum atomic E-state index is -6.29. The van der Waals surface area contributed by atoms with E-state index in [1.54, 1.807) is 67.6 Å². The van der Waals surface area contributed by atoms with Crippen LogP contribution in [0.15, 0.2) is 121 Å². The first kappa shape index (κ1) is 51.5. The van der Waals surface area contributed by atoms with Crippen LogP contribution < -0.4 is 0 Å². The highest BCUT2D eigenvalue weighted by Crippen LogP contribution is 2.42. The molecular formula is C45H57F7O8S. The molecule has 2 saturated carbocycles. The van der Waals surface area contributed by atoms with Crippen LogP contribution in [0.2, 0.25) is 0 Å². The van der Waals surface area contributed by atoms with Crippen LogP contribution in [0.4, 0.5) is 30.7 Å². The van der Waals surface area contributed by atoms with Crippen molar-refractivity contribution >= 4 is 10.1 Å². The first-order chi connectivity index (χ1) is 28.5. The molecule has 6 rings (SSSR count). The molecule has 0 heterocycles. The van der Waals surface area contributed by atoms with Gasteiger partial charge in [0, 0.05) is 14.2 Å². The summed E-state index contributed by atoms with van der Waals surface area (Å²) in [6.07, 6.45) is -10.5. The monoisotopic (exact) mass is 891 g/mol. The second kappa shape index (κ2) is 24.7. The highest BCUT2D eigenvalue weighted by molar-refractivity contribution is 7.87. The van der Waals surface area contributed by atoms with E-state index in [-0.39, 0.29) is 47.5 Å². The molecule has 16 heteroatoms. The lowest BCUT2D eigenvalue weighted by molar-refractivity contribution is -0.233. The Labute approximate surface area is 356 Å². The Hall–Kier alpha value is -3.90. The van der Waals surface area contributed by atoms with E-state index < -0.39 is 76.9 Å². The van der Waals surface area contributed by atoms with Gasteiger partial charge in [-0.3, -0.25) is 4.18 Å². The van der Waals surface area contributed by atoms with E-state index in [4.69, 9.17) is 20.3 Å². The molecule has 0 spiro atoms. The summed E-state index contributed by atoms with van der Waals surface area (Å²) in [5.41, 5.74) is -2.78. The molecule has 6 atom stereocenters. The third-order valence-electron chi connectivity index (χ3n) is 9.41. The van der Waals surface area contributed by atoms with Crippen molar-refractivity contribution in [1.82, 2.24) is 0 Å². The minimum Gasteiger partial charge on any atom is -0.384 e. The molecule has 0 aliphatic heterocycles. The number of hydrogen-bond donors (Lipinski definition) is 1. The van der Waals surface area contributed by atoms with Gasteiger partial charge in [0.1, 0.15) is 18.3 Å². The number of hydrogen-bond acceptors (Lipinski definition) is 8. The Morgan fingerprint density at radius 3 is 1.28 bits per heavy atom. The molecule has 8 nitrogen and oxygen atoms in total. The Morgan fingerprint density at radius 1 is 0.607 bits per heavy atom. The second-order valence-electron chi connectivity index (χ2n) is 13.7. The van der Waals surface area contributed by atoms with Crippen molar-refractivity contribution in [2.75, 3.05) is 0 Å². The van der Waals surface area contributed by atoms with Crippen LogP contribution in [0.25, 0.3) is 0 Å². The quantitative estimate of drug-likeness (QED) is 0.0759. The van der Waals surface area contributed by atoms with Gasteiger partial charge < -0.3 is 24.1 Å². The molecule has 2 aliphatic rings. The lowest BCUT2D eigenvalue weighted by Crippen LogP contribution is -2.57. The third kappa shape index (κ3) is 15.8. The van der Waals surface area contributed by atoms with Crippen LogP contribution in [0, 0.1) is 0 Å². The standard InChI is InChI=1S/C21H21F5O5S.C20H22F2O3.C2H6.2CH4/c22-20(23)12-11-17(29-13-15-7-3-1-4-8-15)18(30-14-16-9-5-2-6-10-16)19(20)31-32(27,28)21(24,25)26;21-20(22)12-11-17(24-13-15-7-3-1-4-8-15)18(19(20)23)25-14-16-9-5-2-6-10-16;1-2;;/h1-10,17-19H,11-14H2;1-10,17-19,23H,11-14H2;1-2H3;2*1H4/t2*17-,18+,19-;;;/m00.../s1/i;;1D;;. The van der Waals surface area contributed by atoms with Crippen LogP contribution in [0.1, 0.15) is 78.0 Å². The summed E-state index contributed by atoms with van der Waals surface area (Å²) < 4.78 is 152. The van der Waals surface area contributed by atoms with E-state index in [0.717, 1.165) is 11.1 Å². The van der Waals surface area contributed by atoms with Crippen molar-refractivity contribution in [3.8, 4) is 0 Å². The van der Waals surface area contributed by atoms with Crippen molar-refractivity contribution in [3.05, 3.63) is 144 Å². The number of alkyl halides is 7. The van der Waals surface area contributed by atoms with Gasteiger partial charge in [-0.25, -0.2) is 17.6 Å². The highest BCUT2D eigenvalue weighted by Gasteiger charge is 2.59. The second-order valence-corrected chi connectivity index (χ2v) is 15.2. The molecule has 4 aromatic carbocycles. The number of halogens is 7. The Bertz CT molecular complexity index is 1920. The van der Waals surface area contributed by atoms with Gasteiger partial charge in [-0.15, -0.1) is 0 Å². The maximum Gasteiger partial charge on any atom is 0.523 e. The predicted octanol–water partition coefficient (Wildman–Crippen LogP) is 11.1. The topological polar surface area (TPSA) is 101 Å². The summed E-state index contributed by atoms with van der Waals surface area (Å²) in [6.45, 7) is 2.47. The molecule has 1 N–H and O–H groups in total. The third-order valence-corrected chi connectivity index (χ3v) is 10.4. The lowest BCUT2D eigenvalue weighted by Gasteiger charge is -2.41. The summed E-state index contributed by atoms with van der Waals surface area (Å²) in [5.74, 6) is -7.04. The zero-order valence-corrected chi connectivity index (χ0v) is 33.1. The number of ether oxygens (including phenoxy) is 4. The summed E-state index contributed by atoms with van der Waals surface area (Å²) >= 11 is 0. The van der Waals surface area contributed by atoms with Crippen LogP contribution in [-0.2, 0) is 59.7 Å². The maximum absolute atomic E-state index is 14.6. The van der Waals surface area contributed by atoms with E-state index in [1.165, 1.54) is 0 Å². The van der Waals surface area contributed by atoms with Gasteiger partial charge in [-0.2, -0.15) is 21.6 Å². The molecule has 0 amide bonds. The molecule has 340 valence electrons. The molecule has 4 aromatic rings. The molecule has 0 radical (unpaired) electrons. The van der Waals surface area contributed by atoms with E-state index in [2.05, 4.69) is 4.18 Å². The molecule has 0 unspecified atom stereocenters. The lowest BCUT2D eigenvalue weighted by atomic mass is 9.88. The molecule has 2 fully saturated rings. The molecule has 0 bridgehead atoms. The van der Waals surface area contributed by atoms with Gasteiger partial charge in [0.2, 0.25) is 0 Å². The van der Waals surface area contributed by atoms with Crippen LogP contribution in [0.3, 0.4) is 0 Å². The fraction of sp³-hybridized carbons (Fsp3) is 0.467. The van der Waals surface area contributed by atoms with E-state index in [0.29, 0.717) is 24.6 Å². The maximum atomic E-state index is 14.6. The average molecular weight is 892 g/mol. The molecular weight excluding hydrogens is 834 g/mol. The zero-order chi connectivity index (χ0) is 43.8. The Kier molecular flexibility index (Phi) is 20.8. The van der Waals surface area contributed by atoms with Gasteiger partial charge in [-0.1, -0.05) is 150 Å². The van der Waals surface area contributed by atoms with Crippen molar-refractivity contribution in [2.45, 2.75) is 135 Å². The van der Waals surface area contributed by atoms with Crippen LogP contribution in [0.5, 0.6) is 0 Å². The number of benzene rings is 4. The molecule has 0 aromatic heterocycles. The number of rotatable bonds is 14.